The molecule has 3 atom stereocenters. The van der Waals surface area contributed by atoms with Crippen molar-refractivity contribution in [3.05, 3.63) is 41.8 Å². The maximum atomic E-state index is 11.6. The molecule has 2 heterocycles. The molecule has 1 aliphatic heterocycles. The van der Waals surface area contributed by atoms with E-state index in [0.29, 0.717) is 35.5 Å². The van der Waals surface area contributed by atoms with Gasteiger partial charge in [0.2, 0.25) is 17.7 Å². The summed E-state index contributed by atoms with van der Waals surface area (Å²) in [5.74, 6) is 4.42. The topological polar surface area (TPSA) is 71.7 Å². The lowest BCUT2D eigenvalue weighted by molar-refractivity contribution is -0.130. The van der Waals surface area contributed by atoms with Crippen LogP contribution in [0.2, 0.25) is 0 Å². The molecule has 0 saturated carbocycles. The van der Waals surface area contributed by atoms with Gasteiger partial charge in [-0.1, -0.05) is 25.5 Å². The quantitative estimate of drug-likeness (QED) is 0.567. The summed E-state index contributed by atoms with van der Waals surface area (Å²) in [6.07, 6.45) is 4.41. The molecule has 0 spiro atoms. The Hall–Kier alpha value is -2.67. The Labute approximate surface area is 203 Å². The highest BCUT2D eigenvalue weighted by Gasteiger charge is 2.34. The van der Waals surface area contributed by atoms with Crippen molar-refractivity contribution in [3.63, 3.8) is 0 Å². The van der Waals surface area contributed by atoms with E-state index in [-0.39, 0.29) is 5.91 Å². The molecule has 1 aromatic heterocycles. The smallest absolute Gasteiger partial charge is 0.247 e. The Morgan fingerprint density at radius 3 is 2.47 bits per heavy atom. The lowest BCUT2D eigenvalue weighted by atomic mass is 9.69. The van der Waals surface area contributed by atoms with Crippen LogP contribution >= 0.6 is 0 Å². The number of methoxy groups -OCH3 is 1. The second-order valence-corrected chi connectivity index (χ2v) is 10.2. The number of aromatic nitrogens is 2. The monoisotopic (exact) mass is 466 g/mol. The summed E-state index contributed by atoms with van der Waals surface area (Å²) in [5, 5.41) is 8.64. The van der Waals surface area contributed by atoms with Gasteiger partial charge in [0.25, 0.3) is 0 Å². The minimum Gasteiger partial charge on any atom is -0.497 e. The van der Waals surface area contributed by atoms with Crippen molar-refractivity contribution in [2.75, 3.05) is 39.8 Å². The van der Waals surface area contributed by atoms with Gasteiger partial charge in [-0.25, -0.2) is 0 Å². The average molecular weight is 467 g/mol. The summed E-state index contributed by atoms with van der Waals surface area (Å²) in [5.41, 5.74) is 2.33. The Morgan fingerprint density at radius 1 is 1.15 bits per heavy atom. The molecule has 1 aromatic carbocycles. The number of hydrogen-bond acceptors (Lipinski definition) is 6. The van der Waals surface area contributed by atoms with Gasteiger partial charge in [-0.05, 0) is 61.3 Å². The van der Waals surface area contributed by atoms with Crippen molar-refractivity contribution in [1.82, 2.24) is 20.0 Å². The van der Waals surface area contributed by atoms with Crippen molar-refractivity contribution >= 4 is 5.91 Å². The fourth-order valence-corrected chi connectivity index (χ4v) is 5.43. The molecular weight excluding hydrogens is 428 g/mol. The van der Waals surface area contributed by atoms with E-state index >= 15 is 0 Å². The summed E-state index contributed by atoms with van der Waals surface area (Å²) in [6.45, 7) is 13.3. The van der Waals surface area contributed by atoms with E-state index in [1.165, 1.54) is 5.57 Å². The number of hydrogen-bond donors (Lipinski definition) is 0. The van der Waals surface area contributed by atoms with Gasteiger partial charge >= 0.3 is 0 Å². The van der Waals surface area contributed by atoms with Gasteiger partial charge in [-0.15, -0.1) is 10.2 Å². The Kier molecular flexibility index (Phi) is 7.71. The molecule has 0 bridgehead atoms. The third kappa shape index (κ3) is 5.69. The molecule has 2 aromatic rings. The number of piperazine rings is 1. The third-order valence-electron chi connectivity index (χ3n) is 7.60. The number of rotatable bonds is 7. The van der Waals surface area contributed by atoms with E-state index < -0.39 is 0 Å². The Bertz CT molecular complexity index is 990. The molecule has 1 amide bonds. The standard InChI is InChI=1S/C27H38N4O3/c1-18(2)25-15-22(16-26-28-29-27(34-26)21-6-8-24(33-5)9-7-21)19(3)14-23(25)17-30-10-12-31(13-11-30)20(4)32/h6-9,14,18,22-23,25H,10-13,15-17H2,1-5H3. The van der Waals surface area contributed by atoms with Gasteiger partial charge in [0, 0.05) is 51.6 Å². The predicted octanol–water partition coefficient (Wildman–Crippen LogP) is 4.31. The molecule has 34 heavy (non-hydrogen) atoms. The molecule has 7 nitrogen and oxygen atoms in total. The largest absolute Gasteiger partial charge is 0.497 e. The van der Waals surface area contributed by atoms with Gasteiger partial charge in [-0.2, -0.15) is 0 Å². The van der Waals surface area contributed by atoms with Crippen LogP contribution in [0, 0.1) is 23.7 Å². The number of ether oxygens (including phenoxy) is 1. The first-order valence-corrected chi connectivity index (χ1v) is 12.5. The zero-order chi connectivity index (χ0) is 24.2. The van der Waals surface area contributed by atoms with Crippen molar-refractivity contribution in [1.29, 1.82) is 0 Å². The summed E-state index contributed by atoms with van der Waals surface area (Å²) < 4.78 is 11.3. The minimum atomic E-state index is 0.187. The maximum Gasteiger partial charge on any atom is 0.247 e. The molecular formula is C27H38N4O3. The molecule has 0 N–H and O–H groups in total. The van der Waals surface area contributed by atoms with Crippen LogP contribution in [-0.2, 0) is 11.2 Å². The van der Waals surface area contributed by atoms with Gasteiger partial charge in [-0.3, -0.25) is 9.69 Å². The van der Waals surface area contributed by atoms with Crippen molar-refractivity contribution in [2.24, 2.45) is 23.7 Å². The van der Waals surface area contributed by atoms with Crippen molar-refractivity contribution < 1.29 is 13.9 Å². The lowest BCUT2D eigenvalue weighted by Gasteiger charge is -2.41. The molecule has 4 rings (SSSR count). The van der Waals surface area contributed by atoms with E-state index in [1.54, 1.807) is 14.0 Å². The van der Waals surface area contributed by atoms with E-state index in [2.05, 4.69) is 41.9 Å². The SMILES string of the molecule is COc1ccc(-c2nnc(CC3CC(C(C)C)C(CN4CCN(C(C)=O)CC4)C=C3C)o2)cc1. The van der Waals surface area contributed by atoms with Crippen molar-refractivity contribution in [3.8, 4) is 17.2 Å². The second kappa shape index (κ2) is 10.7. The Balaban J connectivity index is 1.41. The van der Waals surface area contributed by atoms with Crippen LogP contribution in [0.1, 0.15) is 40.0 Å². The number of amides is 1. The summed E-state index contributed by atoms with van der Waals surface area (Å²) in [4.78, 5) is 16.1. The Morgan fingerprint density at radius 2 is 1.85 bits per heavy atom. The van der Waals surface area contributed by atoms with E-state index in [1.807, 2.05) is 29.2 Å². The zero-order valence-electron chi connectivity index (χ0n) is 21.2. The first kappa shape index (κ1) is 24.5. The van der Waals surface area contributed by atoms with Crippen LogP contribution in [0.3, 0.4) is 0 Å². The summed E-state index contributed by atoms with van der Waals surface area (Å²) >= 11 is 0. The van der Waals surface area contributed by atoms with Crippen LogP contribution in [-0.4, -0.2) is 65.7 Å². The van der Waals surface area contributed by atoms with Gasteiger partial charge in [0.15, 0.2) is 0 Å². The number of benzene rings is 1. The van der Waals surface area contributed by atoms with E-state index in [0.717, 1.165) is 56.9 Å². The van der Waals surface area contributed by atoms with Crippen molar-refractivity contribution in [2.45, 2.75) is 40.5 Å². The fourth-order valence-electron chi connectivity index (χ4n) is 5.43. The molecule has 7 heteroatoms. The highest BCUT2D eigenvalue weighted by atomic mass is 16.5. The number of carbonyl (C=O) groups excluding carboxylic acids is 1. The van der Waals surface area contributed by atoms with E-state index in [9.17, 15) is 4.79 Å². The molecule has 1 aliphatic carbocycles. The molecule has 2 aliphatic rings. The summed E-state index contributed by atoms with van der Waals surface area (Å²) in [6, 6.07) is 7.69. The average Bonchev–Trinajstić information content (AvgIpc) is 3.29. The molecule has 184 valence electrons. The maximum absolute atomic E-state index is 11.6. The fraction of sp³-hybridized carbons (Fsp3) is 0.593. The van der Waals surface area contributed by atoms with Gasteiger partial charge < -0.3 is 14.1 Å². The molecule has 1 fully saturated rings. The minimum absolute atomic E-state index is 0.187. The van der Waals surface area contributed by atoms with Gasteiger partial charge in [0.1, 0.15) is 5.75 Å². The zero-order valence-corrected chi connectivity index (χ0v) is 21.2. The van der Waals surface area contributed by atoms with Crippen LogP contribution in [0.15, 0.2) is 40.3 Å². The predicted molar refractivity (Wildman–Crippen MR) is 132 cm³/mol. The lowest BCUT2D eigenvalue weighted by Crippen LogP contribution is -2.50. The van der Waals surface area contributed by atoms with Crippen LogP contribution in [0.5, 0.6) is 5.75 Å². The van der Waals surface area contributed by atoms with Crippen LogP contribution < -0.4 is 4.74 Å². The number of carbonyl (C=O) groups is 1. The third-order valence-corrected chi connectivity index (χ3v) is 7.60. The molecule has 0 radical (unpaired) electrons. The van der Waals surface area contributed by atoms with Gasteiger partial charge in [0.05, 0.1) is 7.11 Å². The first-order valence-electron chi connectivity index (χ1n) is 12.5. The molecule has 1 saturated heterocycles. The van der Waals surface area contributed by atoms with Crippen LogP contribution in [0.25, 0.3) is 11.5 Å². The van der Waals surface area contributed by atoms with E-state index in [4.69, 9.17) is 9.15 Å². The molecule has 3 unspecified atom stereocenters. The summed E-state index contributed by atoms with van der Waals surface area (Å²) in [7, 11) is 1.66. The second-order valence-electron chi connectivity index (χ2n) is 10.2. The first-order chi connectivity index (χ1) is 16.3. The normalized spacial score (nSPS) is 23.8. The number of allylic oxidation sites excluding steroid dienone is 1. The highest BCUT2D eigenvalue weighted by Crippen LogP contribution is 2.39. The number of nitrogens with zero attached hydrogens (tertiary/aromatic N) is 4. The van der Waals surface area contributed by atoms with Crippen LogP contribution in [0.4, 0.5) is 0 Å². The highest BCUT2D eigenvalue weighted by molar-refractivity contribution is 5.73.